The molecular formula is C23H24N8O6S3. The number of nitrogens with one attached hydrogen (secondary N) is 2. The lowest BCUT2D eigenvalue weighted by Gasteiger charge is -2.49. The summed E-state index contributed by atoms with van der Waals surface area (Å²) in [5, 5.41) is 26.3. The average molecular weight is 605 g/mol. The number of hydrogen-bond acceptors (Lipinski definition) is 11. The first-order valence-corrected chi connectivity index (χ1v) is 15.2. The number of rotatable bonds is 8. The van der Waals surface area contributed by atoms with E-state index in [0.29, 0.717) is 27.8 Å². The molecule has 5 rings (SSSR count). The number of benzene rings is 1. The number of thioether (sulfide) groups is 3. The molecule has 0 bridgehead atoms. The van der Waals surface area contributed by atoms with Crippen molar-refractivity contribution in [3.63, 3.8) is 0 Å². The summed E-state index contributed by atoms with van der Waals surface area (Å²) in [5.41, 5.74) is 0.894. The highest BCUT2D eigenvalue weighted by Gasteiger charge is 2.54. The molecule has 40 heavy (non-hydrogen) atoms. The minimum absolute atomic E-state index is 0.115. The van der Waals surface area contributed by atoms with Gasteiger partial charge in [0.05, 0.1) is 5.75 Å². The predicted octanol–water partition coefficient (Wildman–Crippen LogP) is 0.0671. The van der Waals surface area contributed by atoms with Crippen LogP contribution in [-0.4, -0.2) is 106 Å². The highest BCUT2D eigenvalue weighted by atomic mass is 32.2. The number of hydrogen-bond donors (Lipinski definition) is 3. The molecule has 0 radical (unpaired) electrons. The van der Waals surface area contributed by atoms with E-state index in [1.165, 1.54) is 44.9 Å². The van der Waals surface area contributed by atoms with Gasteiger partial charge in [-0.15, -0.1) is 16.9 Å². The molecule has 3 aliphatic rings. The van der Waals surface area contributed by atoms with Crippen molar-refractivity contribution < 1.29 is 29.1 Å². The Morgan fingerprint density at radius 3 is 2.65 bits per heavy atom. The molecule has 0 aliphatic carbocycles. The highest BCUT2D eigenvalue weighted by Crippen LogP contribution is 2.41. The molecule has 3 atom stereocenters. The first kappa shape index (κ1) is 28.0. The summed E-state index contributed by atoms with van der Waals surface area (Å²) in [7, 11) is 1.67. The maximum Gasteiger partial charge on any atom is 0.352 e. The second kappa shape index (κ2) is 11.9. The monoisotopic (exact) mass is 604 g/mol. The first-order valence-electron chi connectivity index (χ1n) is 12.1. The minimum Gasteiger partial charge on any atom is -0.477 e. The number of carbonyl (C=O) groups is 5. The van der Waals surface area contributed by atoms with Gasteiger partial charge in [0.2, 0.25) is 17.0 Å². The number of urea groups is 1. The fraction of sp³-hybridized carbons (Fsp3) is 0.391. The molecule has 2 fully saturated rings. The number of carboxylic acids is 1. The van der Waals surface area contributed by atoms with E-state index in [-0.39, 0.29) is 29.7 Å². The number of tetrazole rings is 1. The van der Waals surface area contributed by atoms with Gasteiger partial charge in [-0.3, -0.25) is 24.2 Å². The molecule has 5 amide bonds. The third-order valence-corrected chi connectivity index (χ3v) is 9.76. The molecule has 2 saturated heterocycles. The summed E-state index contributed by atoms with van der Waals surface area (Å²) in [6.07, 6.45) is 0. The molecule has 14 nitrogen and oxygen atoms in total. The molecule has 0 spiro atoms. The SMILES string of the molecule is Cn1nnnc1SCC1=C(C(=O)O)N2C(=O)C(NC(=O)C(NC(=O)N3CCSCC3=O)c3ccccc3)[C@@H]2SC1. The number of carboxylic acid groups (broad SMARTS) is 1. The van der Waals surface area contributed by atoms with Gasteiger partial charge in [-0.2, -0.15) is 11.8 Å². The van der Waals surface area contributed by atoms with Crippen LogP contribution in [0.4, 0.5) is 4.79 Å². The van der Waals surface area contributed by atoms with Crippen molar-refractivity contribution in [1.82, 2.24) is 40.6 Å². The molecular weight excluding hydrogens is 581 g/mol. The fourth-order valence-corrected chi connectivity index (χ4v) is 7.53. The van der Waals surface area contributed by atoms with E-state index in [2.05, 4.69) is 26.2 Å². The van der Waals surface area contributed by atoms with Gasteiger partial charge in [0, 0.05) is 30.9 Å². The Kier molecular flexibility index (Phi) is 8.32. The molecule has 17 heteroatoms. The Morgan fingerprint density at radius 2 is 1.98 bits per heavy atom. The maximum absolute atomic E-state index is 13.4. The van der Waals surface area contributed by atoms with Crippen LogP contribution in [0.5, 0.6) is 0 Å². The van der Waals surface area contributed by atoms with Crippen molar-refractivity contribution in [2.75, 3.05) is 29.6 Å². The van der Waals surface area contributed by atoms with Crippen LogP contribution in [-0.2, 0) is 26.2 Å². The van der Waals surface area contributed by atoms with Gasteiger partial charge in [-0.1, -0.05) is 42.1 Å². The van der Waals surface area contributed by atoms with Gasteiger partial charge < -0.3 is 15.7 Å². The van der Waals surface area contributed by atoms with Crippen LogP contribution in [0.3, 0.4) is 0 Å². The van der Waals surface area contributed by atoms with E-state index in [1.807, 2.05) is 0 Å². The molecule has 2 aromatic rings. The molecule has 2 unspecified atom stereocenters. The number of aryl methyl sites for hydroxylation is 1. The van der Waals surface area contributed by atoms with Gasteiger partial charge in [0.25, 0.3) is 5.91 Å². The Morgan fingerprint density at radius 1 is 1.20 bits per heavy atom. The first-order chi connectivity index (χ1) is 19.3. The quantitative estimate of drug-likeness (QED) is 0.273. The summed E-state index contributed by atoms with van der Waals surface area (Å²) in [6, 6.07) is 5.63. The second-order valence-electron chi connectivity index (χ2n) is 8.92. The van der Waals surface area contributed by atoms with E-state index in [9.17, 15) is 29.1 Å². The smallest absolute Gasteiger partial charge is 0.352 e. The lowest BCUT2D eigenvalue weighted by atomic mass is 10.0. The summed E-state index contributed by atoms with van der Waals surface area (Å²) < 4.78 is 1.47. The van der Waals surface area contributed by atoms with E-state index in [0.717, 1.165) is 4.90 Å². The Bertz CT molecular complexity index is 1390. The number of fused-ring (bicyclic) bond motifs is 1. The van der Waals surface area contributed by atoms with Crippen molar-refractivity contribution in [2.45, 2.75) is 22.6 Å². The summed E-state index contributed by atoms with van der Waals surface area (Å²) in [6.45, 7) is 0.228. The normalized spacial score (nSPS) is 21.4. The predicted molar refractivity (Wildman–Crippen MR) is 146 cm³/mol. The van der Waals surface area contributed by atoms with Crippen molar-refractivity contribution in [3.05, 3.63) is 47.2 Å². The number of aromatic nitrogens is 4. The van der Waals surface area contributed by atoms with Crippen LogP contribution >= 0.6 is 35.3 Å². The second-order valence-corrected chi connectivity index (χ2v) is 12.1. The number of β-lactam (4-membered cyclic amide) rings is 1. The summed E-state index contributed by atoms with van der Waals surface area (Å²) >= 11 is 4.02. The van der Waals surface area contributed by atoms with Crippen molar-refractivity contribution >= 4 is 65.0 Å². The van der Waals surface area contributed by atoms with Crippen LogP contribution in [0, 0.1) is 0 Å². The third kappa shape index (κ3) is 5.53. The van der Waals surface area contributed by atoms with E-state index in [1.54, 1.807) is 37.4 Å². The zero-order valence-corrected chi connectivity index (χ0v) is 23.5. The van der Waals surface area contributed by atoms with Crippen LogP contribution in [0.15, 0.2) is 46.8 Å². The van der Waals surface area contributed by atoms with Crippen molar-refractivity contribution in [1.29, 1.82) is 0 Å². The molecule has 1 aromatic carbocycles. The average Bonchev–Trinajstić information content (AvgIpc) is 3.37. The molecule has 210 valence electrons. The number of aliphatic carboxylic acids is 1. The largest absolute Gasteiger partial charge is 0.477 e. The zero-order chi connectivity index (χ0) is 28.4. The van der Waals surface area contributed by atoms with Gasteiger partial charge >= 0.3 is 12.0 Å². The Labute approximate surface area is 240 Å². The number of imide groups is 1. The molecule has 0 saturated carbocycles. The van der Waals surface area contributed by atoms with Crippen LogP contribution in [0.1, 0.15) is 11.6 Å². The molecule has 3 N–H and O–H groups in total. The fourth-order valence-electron chi connectivity index (χ4n) is 4.41. The lowest BCUT2D eigenvalue weighted by Crippen LogP contribution is -2.71. The highest BCUT2D eigenvalue weighted by molar-refractivity contribution is 8.01. The summed E-state index contributed by atoms with van der Waals surface area (Å²) in [4.78, 5) is 66.2. The van der Waals surface area contributed by atoms with E-state index < -0.39 is 41.3 Å². The summed E-state index contributed by atoms with van der Waals surface area (Å²) in [5.74, 6) is -1.42. The van der Waals surface area contributed by atoms with Gasteiger partial charge in [-0.25, -0.2) is 14.3 Å². The van der Waals surface area contributed by atoms with Crippen LogP contribution < -0.4 is 10.6 Å². The Hall–Kier alpha value is -3.57. The number of amides is 5. The minimum atomic E-state index is -1.24. The van der Waals surface area contributed by atoms with Gasteiger partial charge in [0.1, 0.15) is 23.2 Å². The van der Waals surface area contributed by atoms with E-state index >= 15 is 0 Å². The van der Waals surface area contributed by atoms with Crippen LogP contribution in [0.2, 0.25) is 0 Å². The number of nitrogens with zero attached hydrogens (tertiary/aromatic N) is 6. The Balaban J connectivity index is 1.30. The lowest BCUT2D eigenvalue weighted by molar-refractivity contribution is -0.151. The molecule has 4 heterocycles. The van der Waals surface area contributed by atoms with Crippen molar-refractivity contribution in [3.8, 4) is 0 Å². The maximum atomic E-state index is 13.4. The molecule has 3 aliphatic heterocycles. The third-order valence-electron chi connectivity index (χ3n) is 6.40. The standard InChI is InChI=1S/C23H24N8O6S3/c1-29-23(26-27-28-29)40-10-13-9-39-20-16(19(34)31(20)17(13)21(35)36)24-18(33)15(12-5-3-2-4-6-12)25-22(37)30-7-8-38-11-14(30)32/h2-6,15-16,20H,7-11H2,1H3,(H,24,33)(H,25,37)(H,35,36)/t15?,16?,20-/m0/s1. The topological polar surface area (TPSA) is 180 Å². The van der Waals surface area contributed by atoms with Gasteiger partial charge in [0.15, 0.2) is 0 Å². The number of carbonyl (C=O) groups excluding carboxylic acids is 4. The van der Waals surface area contributed by atoms with Gasteiger partial charge in [-0.05, 0) is 21.6 Å². The zero-order valence-electron chi connectivity index (χ0n) is 21.1. The van der Waals surface area contributed by atoms with E-state index in [4.69, 9.17) is 0 Å². The van der Waals surface area contributed by atoms with Crippen molar-refractivity contribution in [2.24, 2.45) is 7.05 Å². The van der Waals surface area contributed by atoms with Crippen LogP contribution in [0.25, 0.3) is 0 Å². The molecule has 1 aromatic heterocycles.